The molecule has 0 fully saturated rings. The predicted octanol–water partition coefficient (Wildman–Crippen LogP) is 1.25. The Labute approximate surface area is 95.7 Å². The molecule has 86 valence electrons. The molecule has 2 aromatic rings. The number of aromatic amines is 1. The first-order valence-electron chi connectivity index (χ1n) is 5.27. The first-order chi connectivity index (χ1) is 8.18. The van der Waals surface area contributed by atoms with Gasteiger partial charge in [-0.3, -0.25) is 14.3 Å². The van der Waals surface area contributed by atoms with Crippen molar-refractivity contribution in [3.63, 3.8) is 0 Å². The minimum Gasteiger partial charge on any atom is -0.439 e. The van der Waals surface area contributed by atoms with Crippen molar-refractivity contribution in [1.29, 1.82) is 0 Å². The SMILES string of the molecule is Cn1c(=O)[nH]c2oc3c(c2c1=O)C=CCC=C3. The molecule has 0 unspecified atom stereocenters. The van der Waals surface area contributed by atoms with E-state index in [0.29, 0.717) is 11.1 Å². The van der Waals surface area contributed by atoms with E-state index in [1.165, 1.54) is 7.05 Å². The summed E-state index contributed by atoms with van der Waals surface area (Å²) in [6.45, 7) is 0. The Hall–Kier alpha value is -2.30. The van der Waals surface area contributed by atoms with Crippen LogP contribution in [0.25, 0.3) is 23.3 Å². The van der Waals surface area contributed by atoms with Crippen LogP contribution in [0, 0.1) is 0 Å². The Kier molecular flexibility index (Phi) is 1.95. The Morgan fingerprint density at radius 2 is 2.06 bits per heavy atom. The van der Waals surface area contributed by atoms with E-state index in [0.717, 1.165) is 16.6 Å². The van der Waals surface area contributed by atoms with Gasteiger partial charge in [-0.2, -0.15) is 0 Å². The number of aromatic nitrogens is 2. The highest BCUT2D eigenvalue weighted by Crippen LogP contribution is 2.25. The zero-order valence-corrected chi connectivity index (χ0v) is 9.19. The van der Waals surface area contributed by atoms with E-state index in [4.69, 9.17) is 4.42 Å². The second-order valence-corrected chi connectivity index (χ2v) is 3.92. The number of fused-ring (bicyclic) bond motifs is 3. The smallest absolute Gasteiger partial charge is 0.330 e. The van der Waals surface area contributed by atoms with Crippen LogP contribution in [-0.2, 0) is 7.05 Å². The molecule has 0 bridgehead atoms. The summed E-state index contributed by atoms with van der Waals surface area (Å²) in [7, 11) is 1.44. The Balaban J connectivity index is 2.55. The predicted molar refractivity (Wildman–Crippen MR) is 64.8 cm³/mol. The molecule has 0 amide bonds. The van der Waals surface area contributed by atoms with Gasteiger partial charge >= 0.3 is 5.69 Å². The van der Waals surface area contributed by atoms with Crippen LogP contribution >= 0.6 is 0 Å². The lowest BCUT2D eigenvalue weighted by atomic mass is 10.2. The van der Waals surface area contributed by atoms with E-state index in [2.05, 4.69) is 4.98 Å². The van der Waals surface area contributed by atoms with Gasteiger partial charge in [-0.1, -0.05) is 18.2 Å². The number of furan rings is 1. The summed E-state index contributed by atoms with van der Waals surface area (Å²) in [6, 6.07) is 0. The number of rotatable bonds is 0. The molecule has 0 aliphatic heterocycles. The number of hydrogen-bond acceptors (Lipinski definition) is 3. The number of allylic oxidation sites excluding steroid dienone is 2. The molecule has 5 nitrogen and oxygen atoms in total. The van der Waals surface area contributed by atoms with Crippen LogP contribution in [0.3, 0.4) is 0 Å². The third-order valence-electron chi connectivity index (χ3n) is 2.84. The lowest BCUT2D eigenvalue weighted by molar-refractivity contribution is 0.585. The molecule has 5 heteroatoms. The van der Waals surface area contributed by atoms with Gasteiger partial charge in [0.15, 0.2) is 0 Å². The molecule has 0 radical (unpaired) electrons. The van der Waals surface area contributed by atoms with E-state index in [9.17, 15) is 9.59 Å². The van der Waals surface area contributed by atoms with Gasteiger partial charge in [0.1, 0.15) is 11.1 Å². The molecule has 3 rings (SSSR count). The normalized spacial score (nSPS) is 13.9. The summed E-state index contributed by atoms with van der Waals surface area (Å²) in [5, 5.41) is 0.421. The van der Waals surface area contributed by atoms with Gasteiger partial charge in [0.05, 0.1) is 0 Å². The number of nitrogens with zero attached hydrogens (tertiary/aromatic N) is 1. The Morgan fingerprint density at radius 3 is 2.88 bits per heavy atom. The average Bonchev–Trinajstić information content (AvgIpc) is 2.49. The molecule has 0 aromatic carbocycles. The molecule has 2 heterocycles. The number of hydrogen-bond donors (Lipinski definition) is 1. The molecular weight excluding hydrogens is 220 g/mol. The van der Waals surface area contributed by atoms with Gasteiger partial charge in [-0.05, 0) is 12.5 Å². The summed E-state index contributed by atoms with van der Waals surface area (Å²) in [5.41, 5.74) is 0.151. The first kappa shape index (κ1) is 9.89. The standard InChI is InChI=1S/C12H10N2O3/c1-14-11(15)9-7-5-3-2-4-6-8(7)17-10(9)13-12(14)16/h3-6H,2H2,1H3,(H,13,16). The molecule has 0 atom stereocenters. The van der Waals surface area contributed by atoms with Crippen LogP contribution in [0.15, 0.2) is 26.2 Å². The summed E-state index contributed by atoms with van der Waals surface area (Å²) >= 11 is 0. The van der Waals surface area contributed by atoms with E-state index < -0.39 is 5.69 Å². The van der Waals surface area contributed by atoms with Gasteiger partial charge in [-0.15, -0.1) is 0 Å². The van der Waals surface area contributed by atoms with Crippen molar-refractivity contribution in [2.75, 3.05) is 0 Å². The number of nitrogens with one attached hydrogen (secondary N) is 1. The third-order valence-corrected chi connectivity index (χ3v) is 2.84. The van der Waals surface area contributed by atoms with Crippen molar-refractivity contribution < 1.29 is 4.42 Å². The van der Waals surface area contributed by atoms with Crippen LogP contribution in [-0.4, -0.2) is 9.55 Å². The van der Waals surface area contributed by atoms with E-state index in [1.807, 2.05) is 24.3 Å². The molecular formula is C12H10N2O3. The maximum absolute atomic E-state index is 12.0. The molecule has 1 aliphatic carbocycles. The lowest BCUT2D eigenvalue weighted by Gasteiger charge is -1.95. The van der Waals surface area contributed by atoms with Crippen LogP contribution in [0.5, 0.6) is 0 Å². The molecule has 0 saturated carbocycles. The molecule has 2 aromatic heterocycles. The second-order valence-electron chi connectivity index (χ2n) is 3.92. The molecule has 17 heavy (non-hydrogen) atoms. The molecule has 1 N–H and O–H groups in total. The van der Waals surface area contributed by atoms with Crippen molar-refractivity contribution in [3.05, 3.63) is 44.3 Å². The van der Waals surface area contributed by atoms with Gasteiger partial charge in [-0.25, -0.2) is 4.79 Å². The summed E-state index contributed by atoms with van der Waals surface area (Å²) in [5.74, 6) is 0.604. The van der Waals surface area contributed by atoms with E-state index >= 15 is 0 Å². The summed E-state index contributed by atoms with van der Waals surface area (Å²) < 4.78 is 6.52. The third kappa shape index (κ3) is 1.32. The minimum absolute atomic E-state index is 0.235. The van der Waals surface area contributed by atoms with Crippen LogP contribution < -0.4 is 11.2 Å². The Morgan fingerprint density at radius 1 is 1.29 bits per heavy atom. The van der Waals surface area contributed by atoms with Crippen molar-refractivity contribution in [2.45, 2.75) is 6.42 Å². The molecule has 0 saturated heterocycles. The van der Waals surface area contributed by atoms with Crippen LogP contribution in [0.2, 0.25) is 0 Å². The zero-order valence-electron chi connectivity index (χ0n) is 9.19. The maximum atomic E-state index is 12.0. The lowest BCUT2D eigenvalue weighted by Crippen LogP contribution is -2.32. The zero-order chi connectivity index (χ0) is 12.0. The van der Waals surface area contributed by atoms with E-state index in [-0.39, 0.29) is 11.3 Å². The topological polar surface area (TPSA) is 68.0 Å². The first-order valence-corrected chi connectivity index (χ1v) is 5.27. The maximum Gasteiger partial charge on any atom is 0.330 e. The summed E-state index contributed by atoms with van der Waals surface area (Å²) in [6.07, 6.45) is 8.35. The van der Waals surface area contributed by atoms with Crippen molar-refractivity contribution in [3.8, 4) is 0 Å². The Bertz CT molecular complexity index is 771. The van der Waals surface area contributed by atoms with Gasteiger partial charge in [0.25, 0.3) is 5.56 Å². The van der Waals surface area contributed by atoms with Crippen molar-refractivity contribution >= 4 is 23.3 Å². The molecule has 0 spiro atoms. The fraction of sp³-hybridized carbons (Fsp3) is 0.167. The summed E-state index contributed by atoms with van der Waals surface area (Å²) in [4.78, 5) is 26.0. The molecule has 1 aliphatic rings. The highest BCUT2D eigenvalue weighted by Gasteiger charge is 2.16. The van der Waals surface area contributed by atoms with Gasteiger partial charge in [0, 0.05) is 12.6 Å². The van der Waals surface area contributed by atoms with Crippen molar-refractivity contribution in [2.24, 2.45) is 7.05 Å². The fourth-order valence-corrected chi connectivity index (χ4v) is 1.93. The van der Waals surface area contributed by atoms with Gasteiger partial charge in [0.2, 0.25) is 5.71 Å². The quantitative estimate of drug-likeness (QED) is 0.740. The van der Waals surface area contributed by atoms with Crippen LogP contribution in [0.4, 0.5) is 0 Å². The number of H-pyrrole nitrogens is 1. The fourth-order valence-electron chi connectivity index (χ4n) is 1.93. The van der Waals surface area contributed by atoms with Crippen molar-refractivity contribution in [1.82, 2.24) is 9.55 Å². The monoisotopic (exact) mass is 230 g/mol. The average molecular weight is 230 g/mol. The van der Waals surface area contributed by atoms with Gasteiger partial charge < -0.3 is 4.42 Å². The van der Waals surface area contributed by atoms with Crippen LogP contribution in [0.1, 0.15) is 17.7 Å². The second kappa shape index (κ2) is 3.35. The minimum atomic E-state index is -0.473. The largest absolute Gasteiger partial charge is 0.439 e. The highest BCUT2D eigenvalue weighted by atomic mass is 16.3. The van der Waals surface area contributed by atoms with E-state index in [1.54, 1.807) is 0 Å². The highest BCUT2D eigenvalue weighted by molar-refractivity contribution is 5.88.